The molecule has 0 amide bonds. The van der Waals surface area contributed by atoms with Crippen LogP contribution in [-0.4, -0.2) is 47.7 Å². The highest BCUT2D eigenvalue weighted by Gasteiger charge is 2.33. The molecule has 0 spiro atoms. The molecule has 0 aromatic carbocycles. The fourth-order valence-electron chi connectivity index (χ4n) is 2.50. The number of hydrogen-bond acceptors (Lipinski definition) is 3. The van der Waals surface area contributed by atoms with E-state index in [1.54, 1.807) is 0 Å². The Morgan fingerprint density at radius 2 is 1.65 bits per heavy atom. The maximum Gasteiger partial charge on any atom is 0.318 e. The lowest BCUT2D eigenvalue weighted by atomic mass is 9.86. The summed E-state index contributed by atoms with van der Waals surface area (Å²) in [7, 11) is 3.89. The van der Waals surface area contributed by atoms with E-state index in [0.29, 0.717) is 6.42 Å². The Balaban J connectivity index is 5.04. The van der Waals surface area contributed by atoms with Gasteiger partial charge in [-0.1, -0.05) is 23.3 Å². The molecule has 0 aromatic rings. The SMILES string of the molecule is CC(C)=CCCC(C)=CC(CCCN(C)C)C(C(=O)O)C(=O)O. The molecule has 1 atom stereocenters. The van der Waals surface area contributed by atoms with Crippen molar-refractivity contribution in [3.05, 3.63) is 23.3 Å². The van der Waals surface area contributed by atoms with Gasteiger partial charge in [0.2, 0.25) is 0 Å². The minimum atomic E-state index is -1.38. The Morgan fingerprint density at radius 3 is 2.09 bits per heavy atom. The maximum absolute atomic E-state index is 11.3. The van der Waals surface area contributed by atoms with Crippen LogP contribution >= 0.6 is 0 Å². The van der Waals surface area contributed by atoms with Crippen LogP contribution in [0.1, 0.15) is 46.5 Å². The number of hydrogen-bond donors (Lipinski definition) is 2. The summed E-state index contributed by atoms with van der Waals surface area (Å²) in [5.74, 6) is -4.38. The molecule has 0 radical (unpaired) electrons. The summed E-state index contributed by atoms with van der Waals surface area (Å²) in [6.45, 7) is 6.83. The molecule has 5 nitrogen and oxygen atoms in total. The second-order valence-electron chi connectivity index (χ2n) is 6.60. The van der Waals surface area contributed by atoms with Gasteiger partial charge < -0.3 is 15.1 Å². The first-order valence-corrected chi connectivity index (χ1v) is 8.06. The predicted octanol–water partition coefficient (Wildman–Crippen LogP) is 3.42. The standard InChI is InChI=1S/C18H31NO4/c1-13(2)8-6-9-14(3)12-15(10-7-11-19(4)5)16(17(20)21)18(22)23/h8,12,15-16H,6-7,9-11H2,1-5H3,(H,20,21)(H,22,23). The van der Waals surface area contributed by atoms with Crippen molar-refractivity contribution in [2.24, 2.45) is 11.8 Å². The van der Waals surface area contributed by atoms with Gasteiger partial charge in [0.15, 0.2) is 5.92 Å². The molecule has 0 saturated carbocycles. The van der Waals surface area contributed by atoms with E-state index in [2.05, 4.69) is 6.08 Å². The van der Waals surface area contributed by atoms with Crippen molar-refractivity contribution < 1.29 is 19.8 Å². The minimum absolute atomic E-state index is 0.475. The van der Waals surface area contributed by atoms with E-state index in [-0.39, 0.29) is 0 Å². The second-order valence-corrected chi connectivity index (χ2v) is 6.60. The third-order valence-electron chi connectivity index (χ3n) is 3.69. The molecule has 0 aliphatic carbocycles. The molecule has 0 aromatic heterocycles. The highest BCUT2D eigenvalue weighted by Crippen LogP contribution is 2.23. The lowest BCUT2D eigenvalue weighted by Crippen LogP contribution is -2.31. The number of rotatable bonds is 11. The maximum atomic E-state index is 11.3. The number of carboxylic acids is 2. The van der Waals surface area contributed by atoms with Gasteiger partial charge in [-0.3, -0.25) is 9.59 Å². The average Bonchev–Trinajstić information content (AvgIpc) is 2.36. The summed E-state index contributed by atoms with van der Waals surface area (Å²) in [6, 6.07) is 0. The first kappa shape index (κ1) is 21.4. The number of aliphatic carboxylic acids is 2. The summed E-state index contributed by atoms with van der Waals surface area (Å²) < 4.78 is 0. The fraction of sp³-hybridized carbons (Fsp3) is 0.667. The summed E-state index contributed by atoms with van der Waals surface area (Å²) in [6.07, 6.45) is 7.01. The van der Waals surface area contributed by atoms with Gasteiger partial charge in [-0.05, 0) is 67.1 Å². The van der Waals surface area contributed by atoms with Gasteiger partial charge in [0.1, 0.15) is 0 Å². The van der Waals surface area contributed by atoms with E-state index in [4.69, 9.17) is 0 Å². The Morgan fingerprint density at radius 1 is 1.09 bits per heavy atom. The highest BCUT2D eigenvalue weighted by molar-refractivity contribution is 5.93. The first-order chi connectivity index (χ1) is 10.6. The summed E-state index contributed by atoms with van der Waals surface area (Å²) >= 11 is 0. The number of carbonyl (C=O) groups is 2. The zero-order valence-electron chi connectivity index (χ0n) is 15.0. The lowest BCUT2D eigenvalue weighted by Gasteiger charge is -2.20. The van der Waals surface area contributed by atoms with Gasteiger partial charge in [-0.25, -0.2) is 0 Å². The van der Waals surface area contributed by atoms with Crippen LogP contribution in [0, 0.1) is 11.8 Å². The van der Waals surface area contributed by atoms with E-state index in [9.17, 15) is 19.8 Å². The van der Waals surface area contributed by atoms with Gasteiger partial charge in [0, 0.05) is 5.92 Å². The Kier molecular flexibility index (Phi) is 10.2. The van der Waals surface area contributed by atoms with Crippen LogP contribution in [0.2, 0.25) is 0 Å². The van der Waals surface area contributed by atoms with Crippen molar-refractivity contribution in [3.63, 3.8) is 0 Å². The molecule has 0 aliphatic heterocycles. The topological polar surface area (TPSA) is 77.8 Å². The Labute approximate surface area is 139 Å². The van der Waals surface area contributed by atoms with Crippen molar-refractivity contribution in [2.45, 2.75) is 46.5 Å². The molecular weight excluding hydrogens is 294 g/mol. The second kappa shape index (κ2) is 11.0. The van der Waals surface area contributed by atoms with Crippen LogP contribution in [-0.2, 0) is 9.59 Å². The molecule has 2 N–H and O–H groups in total. The summed E-state index contributed by atoms with van der Waals surface area (Å²) in [5, 5.41) is 18.5. The van der Waals surface area contributed by atoms with Crippen LogP contribution in [0.5, 0.6) is 0 Å². The van der Waals surface area contributed by atoms with Crippen molar-refractivity contribution in [3.8, 4) is 0 Å². The highest BCUT2D eigenvalue weighted by atomic mass is 16.4. The molecular formula is C18H31NO4. The lowest BCUT2D eigenvalue weighted by molar-refractivity contribution is -0.156. The largest absolute Gasteiger partial charge is 0.481 e. The normalized spacial score (nSPS) is 13.3. The first-order valence-electron chi connectivity index (χ1n) is 8.06. The van der Waals surface area contributed by atoms with E-state index >= 15 is 0 Å². The van der Waals surface area contributed by atoms with Crippen molar-refractivity contribution >= 4 is 11.9 Å². The van der Waals surface area contributed by atoms with E-state index in [1.807, 2.05) is 45.8 Å². The summed E-state index contributed by atoms with van der Waals surface area (Å²) in [4.78, 5) is 24.7. The molecule has 0 saturated heterocycles. The predicted molar refractivity (Wildman–Crippen MR) is 92.5 cm³/mol. The van der Waals surface area contributed by atoms with E-state index in [0.717, 1.165) is 31.4 Å². The molecule has 0 bridgehead atoms. The van der Waals surface area contributed by atoms with Gasteiger partial charge >= 0.3 is 11.9 Å². The Hall–Kier alpha value is -1.62. The minimum Gasteiger partial charge on any atom is -0.481 e. The van der Waals surface area contributed by atoms with Crippen LogP contribution in [0.4, 0.5) is 0 Å². The quantitative estimate of drug-likeness (QED) is 0.449. The third kappa shape index (κ3) is 9.89. The molecule has 0 aliphatic rings. The van der Waals surface area contributed by atoms with Gasteiger partial charge in [-0.15, -0.1) is 0 Å². The van der Waals surface area contributed by atoms with E-state index in [1.165, 1.54) is 5.57 Å². The van der Waals surface area contributed by atoms with Crippen molar-refractivity contribution in [1.82, 2.24) is 4.90 Å². The Bertz CT molecular complexity index is 434. The van der Waals surface area contributed by atoms with Crippen LogP contribution in [0.3, 0.4) is 0 Å². The zero-order chi connectivity index (χ0) is 18.0. The van der Waals surface area contributed by atoms with E-state index < -0.39 is 23.8 Å². The number of allylic oxidation sites excluding steroid dienone is 4. The smallest absolute Gasteiger partial charge is 0.318 e. The van der Waals surface area contributed by atoms with Crippen molar-refractivity contribution in [2.75, 3.05) is 20.6 Å². The van der Waals surface area contributed by atoms with Crippen LogP contribution < -0.4 is 0 Å². The number of nitrogens with zero attached hydrogens (tertiary/aromatic N) is 1. The molecule has 0 fully saturated rings. The monoisotopic (exact) mass is 325 g/mol. The molecule has 0 rings (SSSR count). The molecule has 0 heterocycles. The molecule has 132 valence electrons. The van der Waals surface area contributed by atoms with Crippen molar-refractivity contribution in [1.29, 1.82) is 0 Å². The third-order valence-corrected chi connectivity index (χ3v) is 3.69. The van der Waals surface area contributed by atoms with Gasteiger partial charge in [-0.2, -0.15) is 0 Å². The summed E-state index contributed by atoms with van der Waals surface area (Å²) in [5.41, 5.74) is 2.29. The molecule has 5 heteroatoms. The van der Waals surface area contributed by atoms with Crippen LogP contribution in [0.25, 0.3) is 0 Å². The fourth-order valence-corrected chi connectivity index (χ4v) is 2.50. The molecule has 23 heavy (non-hydrogen) atoms. The van der Waals surface area contributed by atoms with Gasteiger partial charge in [0.25, 0.3) is 0 Å². The van der Waals surface area contributed by atoms with Gasteiger partial charge in [0.05, 0.1) is 0 Å². The average molecular weight is 325 g/mol. The van der Waals surface area contributed by atoms with Crippen LogP contribution in [0.15, 0.2) is 23.3 Å². The zero-order valence-corrected chi connectivity index (χ0v) is 15.0. The molecule has 1 unspecified atom stereocenters. The number of carboxylic acid groups (broad SMARTS) is 2.